The van der Waals surface area contributed by atoms with Crippen LogP contribution in [0.5, 0.6) is 23.0 Å². The number of hydrogen-bond donors (Lipinski definition) is 1. The van der Waals surface area contributed by atoms with E-state index in [1.807, 2.05) is 24.3 Å². The van der Waals surface area contributed by atoms with Gasteiger partial charge in [-0.25, -0.2) is 24.2 Å². The van der Waals surface area contributed by atoms with Crippen LogP contribution >= 0.6 is 11.3 Å². The number of ether oxygens (including phenoxy) is 6. The van der Waals surface area contributed by atoms with Crippen LogP contribution < -0.4 is 24.4 Å². The zero-order chi connectivity index (χ0) is 38.1. The van der Waals surface area contributed by atoms with E-state index in [1.54, 1.807) is 48.5 Å². The van der Waals surface area contributed by atoms with E-state index in [4.69, 9.17) is 28.4 Å². The fourth-order valence-corrected chi connectivity index (χ4v) is 5.34. The maximum Gasteiger partial charge on any atom is 0.343 e. The van der Waals surface area contributed by atoms with Crippen molar-refractivity contribution in [1.29, 1.82) is 0 Å². The summed E-state index contributed by atoms with van der Waals surface area (Å²) in [6.45, 7) is 7.69. The fraction of sp³-hybridized carbons (Fsp3) is 0.150. The SMILES string of the molecule is C=CC(=O)OCCCOc1ccc(C(=O)Oc2ccc(OC(=O)c3ccc(OCCCOC(=O)C=C)cc3)c(/C=N/Nc3nc4ccccc4s3)c2)cc1. The summed E-state index contributed by atoms with van der Waals surface area (Å²) in [5.74, 6) is -0.885. The Hall–Kier alpha value is -6.80. The number of nitrogens with zero attached hydrogens (tertiary/aromatic N) is 2. The molecule has 0 bridgehead atoms. The Labute approximate surface area is 314 Å². The predicted octanol–water partition coefficient (Wildman–Crippen LogP) is 7.18. The van der Waals surface area contributed by atoms with Gasteiger partial charge in [0.05, 0.1) is 54.0 Å². The van der Waals surface area contributed by atoms with E-state index in [1.165, 1.54) is 35.8 Å². The van der Waals surface area contributed by atoms with Crippen LogP contribution in [0.1, 0.15) is 39.1 Å². The normalized spacial score (nSPS) is 10.7. The molecule has 0 unspecified atom stereocenters. The third kappa shape index (κ3) is 11.6. The molecule has 5 aromatic rings. The molecule has 0 saturated heterocycles. The van der Waals surface area contributed by atoms with Gasteiger partial charge in [-0.3, -0.25) is 5.43 Å². The molecule has 276 valence electrons. The van der Waals surface area contributed by atoms with Crippen LogP contribution in [-0.4, -0.2) is 61.5 Å². The van der Waals surface area contributed by atoms with Crippen molar-refractivity contribution in [2.75, 3.05) is 31.9 Å². The standard InChI is InChI=1S/C40H35N3O10S/c1-3-36(44)50-23-7-21-48-30-15-11-27(12-16-30)38(46)52-32-19-20-34(29(25-32)26-41-43-40-42-33-9-5-6-10-35(33)54-40)53-39(47)28-13-17-31(18-14-28)49-22-8-24-51-37(45)4-2/h3-6,9-20,25-26H,1-2,7-8,21-24H2,(H,42,43)/b41-26+. The van der Waals surface area contributed by atoms with Gasteiger partial charge in [-0.05, 0) is 78.9 Å². The zero-order valence-electron chi connectivity index (χ0n) is 28.9. The topological polar surface area (TPSA) is 161 Å². The highest BCUT2D eigenvalue weighted by Crippen LogP contribution is 2.27. The molecular formula is C40H35N3O10S. The maximum absolute atomic E-state index is 13.2. The molecule has 1 aromatic heterocycles. The lowest BCUT2D eigenvalue weighted by Crippen LogP contribution is -2.11. The summed E-state index contributed by atoms with van der Waals surface area (Å²) in [6.07, 6.45) is 4.58. The number of para-hydroxylation sites is 1. The van der Waals surface area contributed by atoms with Gasteiger partial charge in [0.1, 0.15) is 23.0 Å². The van der Waals surface area contributed by atoms with E-state index in [0.717, 1.165) is 22.4 Å². The number of carbonyl (C=O) groups is 4. The van der Waals surface area contributed by atoms with Gasteiger partial charge in [0, 0.05) is 30.6 Å². The van der Waals surface area contributed by atoms with E-state index in [2.05, 4.69) is 28.7 Å². The van der Waals surface area contributed by atoms with Crippen molar-refractivity contribution in [2.24, 2.45) is 5.10 Å². The van der Waals surface area contributed by atoms with E-state index >= 15 is 0 Å². The molecule has 0 radical (unpaired) electrons. The smallest absolute Gasteiger partial charge is 0.343 e. The predicted molar refractivity (Wildman–Crippen MR) is 203 cm³/mol. The van der Waals surface area contributed by atoms with Crippen LogP contribution in [0.2, 0.25) is 0 Å². The minimum Gasteiger partial charge on any atom is -0.493 e. The Morgan fingerprint density at radius 1 is 0.685 bits per heavy atom. The first-order valence-electron chi connectivity index (χ1n) is 16.6. The van der Waals surface area contributed by atoms with E-state index in [9.17, 15) is 19.2 Å². The lowest BCUT2D eigenvalue weighted by atomic mass is 10.2. The number of benzene rings is 4. The zero-order valence-corrected chi connectivity index (χ0v) is 29.8. The molecule has 54 heavy (non-hydrogen) atoms. The molecule has 0 saturated carbocycles. The molecule has 5 rings (SSSR count). The number of hydrogen-bond acceptors (Lipinski definition) is 14. The molecule has 14 heteroatoms. The van der Waals surface area contributed by atoms with Crippen LogP contribution in [-0.2, 0) is 19.1 Å². The van der Waals surface area contributed by atoms with Crippen LogP contribution in [0.15, 0.2) is 121 Å². The maximum atomic E-state index is 13.2. The number of fused-ring (bicyclic) bond motifs is 1. The van der Waals surface area contributed by atoms with Crippen LogP contribution in [0.25, 0.3) is 10.2 Å². The second-order valence-corrected chi connectivity index (χ2v) is 12.1. The summed E-state index contributed by atoms with van der Waals surface area (Å²) in [5, 5.41) is 4.85. The minimum atomic E-state index is -0.642. The van der Waals surface area contributed by atoms with Crippen molar-refractivity contribution in [3.63, 3.8) is 0 Å². The summed E-state index contributed by atoms with van der Waals surface area (Å²) in [7, 11) is 0. The molecule has 0 aliphatic heterocycles. The summed E-state index contributed by atoms with van der Waals surface area (Å²) in [6, 6.07) is 24.9. The molecule has 0 amide bonds. The van der Waals surface area contributed by atoms with Crippen molar-refractivity contribution < 1.29 is 47.6 Å². The fourth-order valence-electron chi connectivity index (χ4n) is 4.52. The van der Waals surface area contributed by atoms with Crippen molar-refractivity contribution in [3.8, 4) is 23.0 Å². The van der Waals surface area contributed by atoms with Gasteiger partial charge in [-0.1, -0.05) is 36.6 Å². The molecule has 0 fully saturated rings. The summed E-state index contributed by atoms with van der Waals surface area (Å²) < 4.78 is 33.5. The van der Waals surface area contributed by atoms with Gasteiger partial charge in [0.2, 0.25) is 5.13 Å². The van der Waals surface area contributed by atoms with Gasteiger partial charge >= 0.3 is 23.9 Å². The van der Waals surface area contributed by atoms with Crippen LogP contribution in [0, 0.1) is 0 Å². The Balaban J connectivity index is 1.23. The van der Waals surface area contributed by atoms with Crippen LogP contribution in [0.4, 0.5) is 5.13 Å². The Morgan fingerprint density at radius 3 is 1.81 bits per heavy atom. The number of nitrogens with one attached hydrogen (secondary N) is 1. The quantitative estimate of drug-likeness (QED) is 0.0227. The van der Waals surface area contributed by atoms with E-state index in [-0.39, 0.29) is 35.8 Å². The second-order valence-electron chi connectivity index (χ2n) is 11.0. The molecule has 0 aliphatic rings. The first kappa shape index (κ1) is 38.4. The summed E-state index contributed by atoms with van der Waals surface area (Å²) in [4.78, 5) is 53.0. The van der Waals surface area contributed by atoms with Crippen molar-refractivity contribution >= 4 is 56.8 Å². The first-order chi connectivity index (χ1) is 26.3. The lowest BCUT2D eigenvalue weighted by Gasteiger charge is -2.11. The van der Waals surface area contributed by atoms with E-state index in [0.29, 0.717) is 48.2 Å². The highest BCUT2D eigenvalue weighted by molar-refractivity contribution is 7.22. The third-order valence-corrected chi connectivity index (χ3v) is 8.11. The average molecular weight is 750 g/mol. The lowest BCUT2D eigenvalue weighted by molar-refractivity contribution is -0.138. The monoisotopic (exact) mass is 749 g/mol. The van der Waals surface area contributed by atoms with Crippen molar-refractivity contribution in [3.05, 3.63) is 133 Å². The molecule has 13 nitrogen and oxygen atoms in total. The minimum absolute atomic E-state index is 0.157. The number of carbonyl (C=O) groups excluding carboxylic acids is 4. The third-order valence-electron chi connectivity index (χ3n) is 7.17. The van der Waals surface area contributed by atoms with Gasteiger partial charge in [0.15, 0.2) is 0 Å². The average Bonchev–Trinajstić information content (AvgIpc) is 3.61. The van der Waals surface area contributed by atoms with Gasteiger partial charge < -0.3 is 28.4 Å². The molecule has 1 heterocycles. The van der Waals surface area contributed by atoms with Crippen molar-refractivity contribution in [2.45, 2.75) is 12.8 Å². The molecule has 0 spiro atoms. The molecule has 1 N–H and O–H groups in total. The second kappa shape index (κ2) is 19.7. The Bertz CT molecular complexity index is 2100. The van der Waals surface area contributed by atoms with E-state index < -0.39 is 23.9 Å². The molecule has 0 aliphatic carbocycles. The number of aromatic nitrogens is 1. The van der Waals surface area contributed by atoms with Gasteiger partial charge in [-0.2, -0.15) is 5.10 Å². The highest BCUT2D eigenvalue weighted by atomic mass is 32.1. The number of rotatable bonds is 19. The summed E-state index contributed by atoms with van der Waals surface area (Å²) in [5.41, 5.74) is 4.59. The number of anilines is 1. The molecular weight excluding hydrogens is 715 g/mol. The number of thiazole rings is 1. The van der Waals surface area contributed by atoms with Gasteiger partial charge in [-0.15, -0.1) is 0 Å². The molecule has 0 atom stereocenters. The highest BCUT2D eigenvalue weighted by Gasteiger charge is 2.15. The first-order valence-corrected chi connectivity index (χ1v) is 17.4. The van der Waals surface area contributed by atoms with Crippen molar-refractivity contribution in [1.82, 2.24) is 4.98 Å². The van der Waals surface area contributed by atoms with Gasteiger partial charge in [0.25, 0.3) is 0 Å². The number of hydrazone groups is 1. The largest absolute Gasteiger partial charge is 0.493 e. The Morgan fingerprint density at radius 2 is 1.24 bits per heavy atom. The number of esters is 4. The summed E-state index contributed by atoms with van der Waals surface area (Å²) >= 11 is 1.42. The molecule has 4 aromatic carbocycles. The Kier molecular flexibility index (Phi) is 14.0. The van der Waals surface area contributed by atoms with Crippen LogP contribution in [0.3, 0.4) is 0 Å².